The summed E-state index contributed by atoms with van der Waals surface area (Å²) in [7, 11) is 0. The molecule has 3 aromatic heterocycles. The lowest BCUT2D eigenvalue weighted by molar-refractivity contribution is 0.0930. The summed E-state index contributed by atoms with van der Waals surface area (Å²) in [4.78, 5) is 24.4. The number of amides is 1. The van der Waals surface area contributed by atoms with Gasteiger partial charge >= 0.3 is 0 Å². The molecule has 31 heavy (non-hydrogen) atoms. The number of aromatic nitrogens is 5. The molecule has 1 unspecified atom stereocenters. The number of hydrogen-bond acceptors (Lipinski definition) is 5. The van der Waals surface area contributed by atoms with Crippen LogP contribution in [-0.2, 0) is 0 Å². The Morgan fingerprint density at radius 2 is 1.97 bits per heavy atom. The van der Waals surface area contributed by atoms with Gasteiger partial charge in [-0.05, 0) is 36.8 Å². The highest BCUT2D eigenvalue weighted by molar-refractivity contribution is 6.02. The summed E-state index contributed by atoms with van der Waals surface area (Å²) in [6.45, 7) is 1.93. The predicted molar refractivity (Wildman–Crippen MR) is 116 cm³/mol. The van der Waals surface area contributed by atoms with Crippen LogP contribution in [0.5, 0.6) is 0 Å². The molecule has 5 aromatic rings. The van der Waals surface area contributed by atoms with Crippen molar-refractivity contribution in [2.24, 2.45) is 0 Å². The van der Waals surface area contributed by atoms with Crippen LogP contribution >= 0.6 is 0 Å². The number of carbonyl (C=O) groups excluding carboxylic acids is 1. The van der Waals surface area contributed by atoms with Gasteiger partial charge in [-0.25, -0.2) is 9.97 Å². The van der Waals surface area contributed by atoms with E-state index >= 15 is 0 Å². The molecule has 1 atom stereocenters. The van der Waals surface area contributed by atoms with Gasteiger partial charge in [0.15, 0.2) is 5.82 Å². The summed E-state index contributed by atoms with van der Waals surface area (Å²) in [5.41, 5.74) is 5.06. The lowest BCUT2D eigenvalue weighted by atomic mass is 10.1. The first-order valence-electron chi connectivity index (χ1n) is 9.72. The molecule has 2 aromatic carbocycles. The Balaban J connectivity index is 1.47. The number of nitriles is 1. The van der Waals surface area contributed by atoms with Gasteiger partial charge in [0, 0.05) is 17.1 Å². The van der Waals surface area contributed by atoms with Crippen molar-refractivity contribution in [2.45, 2.75) is 13.0 Å². The van der Waals surface area contributed by atoms with Crippen LogP contribution in [0.25, 0.3) is 33.2 Å². The fraction of sp³-hybridized carbons (Fsp3) is 0.0870. The molecule has 0 aliphatic carbocycles. The average molecular weight is 407 g/mol. The van der Waals surface area contributed by atoms with E-state index in [9.17, 15) is 4.79 Å². The number of fused-ring (bicyclic) bond motifs is 2. The Hall–Kier alpha value is -4.51. The van der Waals surface area contributed by atoms with Gasteiger partial charge in [-0.1, -0.05) is 30.3 Å². The van der Waals surface area contributed by atoms with Crippen molar-refractivity contribution < 1.29 is 4.79 Å². The van der Waals surface area contributed by atoms with E-state index in [2.05, 4.69) is 30.5 Å². The van der Waals surface area contributed by atoms with Crippen molar-refractivity contribution in [1.29, 1.82) is 5.26 Å². The highest BCUT2D eigenvalue weighted by Crippen LogP contribution is 2.29. The number of H-pyrrole nitrogens is 2. The second-order valence-corrected chi connectivity index (χ2v) is 7.22. The van der Waals surface area contributed by atoms with Crippen LogP contribution in [0.4, 0.5) is 0 Å². The Morgan fingerprint density at radius 3 is 2.71 bits per heavy atom. The number of imidazole rings is 1. The molecule has 0 aliphatic rings. The second kappa shape index (κ2) is 7.39. The molecule has 8 nitrogen and oxygen atoms in total. The molecule has 0 radical (unpaired) electrons. The standard InChI is InChI=1S/C23H17N7O/c1-13(14-5-3-2-4-6-14)26-23(31)22-27-19-9-17-18(10-20(19)28-22)29-30-21(17)15-7-8-16(11-24)25-12-15/h2-10,12-13H,1H3,(H,26,31)(H,27,28)(H,29,30). The first-order chi connectivity index (χ1) is 15.1. The smallest absolute Gasteiger partial charge is 0.287 e. The van der Waals surface area contributed by atoms with E-state index in [-0.39, 0.29) is 17.8 Å². The van der Waals surface area contributed by atoms with Crippen LogP contribution in [0.1, 0.15) is 34.8 Å². The molecule has 3 heterocycles. The number of nitrogens with one attached hydrogen (secondary N) is 3. The SMILES string of the molecule is CC(NC(=O)c1nc2cc3c(-c4ccc(C#N)nc4)n[nH]c3cc2[nH]1)c1ccccc1. The molecule has 5 rings (SSSR count). The fourth-order valence-corrected chi connectivity index (χ4v) is 3.54. The maximum Gasteiger partial charge on any atom is 0.287 e. The fourth-order valence-electron chi connectivity index (χ4n) is 3.54. The molecule has 0 saturated carbocycles. The van der Waals surface area contributed by atoms with E-state index in [0.717, 1.165) is 27.5 Å². The topological polar surface area (TPSA) is 123 Å². The van der Waals surface area contributed by atoms with E-state index in [1.54, 1.807) is 18.3 Å². The quantitative estimate of drug-likeness (QED) is 0.417. The molecule has 0 bridgehead atoms. The van der Waals surface area contributed by atoms with Gasteiger partial charge in [-0.15, -0.1) is 0 Å². The summed E-state index contributed by atoms with van der Waals surface area (Å²) in [6, 6.07) is 18.8. The van der Waals surface area contributed by atoms with E-state index in [1.165, 1.54) is 0 Å². The van der Waals surface area contributed by atoms with Crippen LogP contribution in [0.2, 0.25) is 0 Å². The predicted octanol–water partition coefficient (Wildman–Crippen LogP) is 3.86. The van der Waals surface area contributed by atoms with Crippen molar-refractivity contribution >= 4 is 27.8 Å². The average Bonchev–Trinajstić information content (AvgIpc) is 3.41. The van der Waals surface area contributed by atoms with Crippen LogP contribution < -0.4 is 5.32 Å². The van der Waals surface area contributed by atoms with Gasteiger partial charge in [-0.3, -0.25) is 9.89 Å². The van der Waals surface area contributed by atoms with Gasteiger partial charge < -0.3 is 10.3 Å². The zero-order valence-electron chi connectivity index (χ0n) is 16.5. The maximum atomic E-state index is 12.7. The highest BCUT2D eigenvalue weighted by atomic mass is 16.2. The van der Waals surface area contributed by atoms with Crippen LogP contribution in [0, 0.1) is 11.3 Å². The van der Waals surface area contributed by atoms with Crippen LogP contribution in [0.3, 0.4) is 0 Å². The Kier molecular flexibility index (Phi) is 4.41. The Labute approximate surface area is 177 Å². The van der Waals surface area contributed by atoms with Crippen molar-refractivity contribution in [3.8, 4) is 17.3 Å². The third-order valence-corrected chi connectivity index (χ3v) is 5.18. The molecule has 8 heteroatoms. The number of pyridine rings is 1. The zero-order valence-corrected chi connectivity index (χ0v) is 16.5. The zero-order chi connectivity index (χ0) is 21.4. The minimum absolute atomic E-state index is 0.142. The van der Waals surface area contributed by atoms with Gasteiger partial charge in [0.2, 0.25) is 0 Å². The first-order valence-corrected chi connectivity index (χ1v) is 9.72. The summed E-state index contributed by atoms with van der Waals surface area (Å²) in [5.74, 6) is -0.0224. The van der Waals surface area contributed by atoms with E-state index in [1.807, 2.05) is 55.5 Å². The van der Waals surface area contributed by atoms with Crippen molar-refractivity contribution in [3.63, 3.8) is 0 Å². The van der Waals surface area contributed by atoms with Gasteiger partial charge in [0.25, 0.3) is 5.91 Å². The second-order valence-electron chi connectivity index (χ2n) is 7.22. The third-order valence-electron chi connectivity index (χ3n) is 5.18. The largest absolute Gasteiger partial charge is 0.343 e. The van der Waals surface area contributed by atoms with E-state index < -0.39 is 0 Å². The number of rotatable bonds is 4. The monoisotopic (exact) mass is 407 g/mol. The van der Waals surface area contributed by atoms with Gasteiger partial charge in [-0.2, -0.15) is 10.4 Å². The van der Waals surface area contributed by atoms with Crippen LogP contribution in [-0.4, -0.2) is 31.1 Å². The summed E-state index contributed by atoms with van der Waals surface area (Å²) in [6.07, 6.45) is 1.62. The van der Waals surface area contributed by atoms with Gasteiger partial charge in [0.05, 0.1) is 22.6 Å². The number of aromatic amines is 2. The molecule has 0 spiro atoms. The number of carbonyl (C=O) groups is 1. The number of hydrogen-bond donors (Lipinski definition) is 3. The minimum atomic E-state index is -0.272. The summed E-state index contributed by atoms with van der Waals surface area (Å²) < 4.78 is 0. The number of benzene rings is 2. The van der Waals surface area contributed by atoms with E-state index in [4.69, 9.17) is 5.26 Å². The highest BCUT2D eigenvalue weighted by Gasteiger charge is 2.17. The molecular formula is C23H17N7O. The molecular weight excluding hydrogens is 390 g/mol. The molecule has 1 amide bonds. The Morgan fingerprint density at radius 1 is 1.13 bits per heavy atom. The first kappa shape index (κ1) is 18.5. The lowest BCUT2D eigenvalue weighted by Crippen LogP contribution is -2.27. The molecule has 150 valence electrons. The maximum absolute atomic E-state index is 12.7. The normalized spacial score (nSPS) is 12.0. The summed E-state index contributed by atoms with van der Waals surface area (Å²) in [5, 5.41) is 20.2. The van der Waals surface area contributed by atoms with Crippen molar-refractivity contribution in [3.05, 3.63) is 77.9 Å². The molecule has 0 fully saturated rings. The van der Waals surface area contributed by atoms with Crippen molar-refractivity contribution in [1.82, 2.24) is 30.5 Å². The van der Waals surface area contributed by atoms with Crippen LogP contribution in [0.15, 0.2) is 60.8 Å². The number of nitrogens with zero attached hydrogens (tertiary/aromatic N) is 4. The minimum Gasteiger partial charge on any atom is -0.343 e. The molecule has 0 saturated heterocycles. The summed E-state index contributed by atoms with van der Waals surface area (Å²) >= 11 is 0. The van der Waals surface area contributed by atoms with Gasteiger partial charge in [0.1, 0.15) is 17.5 Å². The third kappa shape index (κ3) is 3.38. The van der Waals surface area contributed by atoms with Crippen molar-refractivity contribution in [2.75, 3.05) is 0 Å². The Bertz CT molecular complexity index is 1440. The van der Waals surface area contributed by atoms with E-state index in [0.29, 0.717) is 16.9 Å². The molecule has 3 N–H and O–H groups in total. The lowest BCUT2D eigenvalue weighted by Gasteiger charge is -2.12. The molecule has 0 aliphatic heterocycles.